The zero-order valence-corrected chi connectivity index (χ0v) is 14.2. The third kappa shape index (κ3) is 3.41. The number of ether oxygens (including phenoxy) is 1. The molecule has 1 heterocycles. The van der Waals surface area contributed by atoms with Gasteiger partial charge in [-0.3, -0.25) is 0 Å². The van der Waals surface area contributed by atoms with Crippen LogP contribution in [0.2, 0.25) is 5.02 Å². The van der Waals surface area contributed by atoms with Gasteiger partial charge in [0.25, 0.3) is 0 Å². The molecule has 2 aromatic rings. The Balaban J connectivity index is 2.13. The molecule has 0 spiro atoms. The van der Waals surface area contributed by atoms with Crippen molar-refractivity contribution in [2.45, 2.75) is 6.54 Å². The van der Waals surface area contributed by atoms with Crippen LogP contribution in [0.3, 0.4) is 0 Å². The van der Waals surface area contributed by atoms with E-state index in [4.69, 9.17) is 16.3 Å². The van der Waals surface area contributed by atoms with Crippen molar-refractivity contribution in [3.63, 3.8) is 0 Å². The summed E-state index contributed by atoms with van der Waals surface area (Å²) in [6, 6.07) is 5.87. The number of nitrogens with one attached hydrogen (secondary N) is 1. The van der Waals surface area contributed by atoms with E-state index in [0.717, 1.165) is 31.9 Å². The van der Waals surface area contributed by atoms with Crippen LogP contribution in [0, 0.1) is 0 Å². The van der Waals surface area contributed by atoms with Crippen LogP contribution in [0.4, 0.5) is 5.69 Å². The minimum absolute atomic E-state index is 0.737. The lowest BCUT2D eigenvalue weighted by molar-refractivity contribution is 0.412. The van der Waals surface area contributed by atoms with Gasteiger partial charge in [0, 0.05) is 27.3 Å². The average molecular weight is 412 g/mol. The first-order valence-corrected chi connectivity index (χ1v) is 7.94. The van der Waals surface area contributed by atoms with E-state index in [-0.39, 0.29) is 0 Å². The van der Waals surface area contributed by atoms with Gasteiger partial charge in [-0.1, -0.05) is 11.6 Å². The van der Waals surface area contributed by atoms with Crippen LogP contribution in [0.1, 0.15) is 4.88 Å². The van der Waals surface area contributed by atoms with E-state index < -0.39 is 0 Å². The van der Waals surface area contributed by atoms with E-state index in [9.17, 15) is 0 Å². The summed E-state index contributed by atoms with van der Waals surface area (Å²) in [7, 11) is 1.65. The topological polar surface area (TPSA) is 21.3 Å². The second kappa shape index (κ2) is 6.28. The maximum atomic E-state index is 5.89. The fraction of sp³-hybridized carbons (Fsp3) is 0.167. The van der Waals surface area contributed by atoms with Gasteiger partial charge in [0.2, 0.25) is 0 Å². The Bertz CT molecular complexity index is 559. The van der Waals surface area contributed by atoms with Gasteiger partial charge in [-0.25, -0.2) is 0 Å². The Kier molecular flexibility index (Phi) is 4.95. The van der Waals surface area contributed by atoms with Gasteiger partial charge in [-0.15, -0.1) is 11.3 Å². The summed E-state index contributed by atoms with van der Waals surface area (Å²) in [6.07, 6.45) is 0. The van der Waals surface area contributed by atoms with Crippen LogP contribution in [0.25, 0.3) is 0 Å². The Labute approximate surface area is 132 Å². The van der Waals surface area contributed by atoms with Crippen molar-refractivity contribution in [2.75, 3.05) is 12.4 Å². The van der Waals surface area contributed by atoms with Crippen LogP contribution in [0.15, 0.2) is 32.5 Å². The molecule has 1 aromatic heterocycles. The van der Waals surface area contributed by atoms with E-state index in [1.165, 1.54) is 4.88 Å². The molecule has 1 N–H and O–H groups in total. The highest BCUT2D eigenvalue weighted by atomic mass is 79.9. The molecule has 1 aromatic carbocycles. The van der Waals surface area contributed by atoms with E-state index in [1.807, 2.05) is 23.6 Å². The van der Waals surface area contributed by atoms with E-state index in [1.54, 1.807) is 18.4 Å². The average Bonchev–Trinajstić information content (AvgIpc) is 2.74. The molecule has 0 aliphatic carbocycles. The predicted molar refractivity (Wildman–Crippen MR) is 85.0 cm³/mol. The second-order valence-corrected chi connectivity index (χ2v) is 6.69. The van der Waals surface area contributed by atoms with Gasteiger partial charge in [-0.2, -0.15) is 0 Å². The molecule has 0 saturated heterocycles. The molecule has 0 bridgehead atoms. The van der Waals surface area contributed by atoms with Gasteiger partial charge in [0.15, 0.2) is 0 Å². The normalized spacial score (nSPS) is 10.4. The Morgan fingerprint density at radius 2 is 2.06 bits per heavy atom. The number of hydrogen-bond donors (Lipinski definition) is 1. The molecule has 0 fully saturated rings. The van der Waals surface area contributed by atoms with Gasteiger partial charge in [-0.05, 0) is 44.0 Å². The summed E-state index contributed by atoms with van der Waals surface area (Å²) in [5, 5.41) is 6.06. The lowest BCUT2D eigenvalue weighted by atomic mass is 10.3. The van der Waals surface area contributed by atoms with Crippen molar-refractivity contribution in [1.29, 1.82) is 0 Å². The molecule has 6 heteroatoms. The summed E-state index contributed by atoms with van der Waals surface area (Å²) in [5.41, 5.74) is 0.986. The van der Waals surface area contributed by atoms with E-state index in [2.05, 4.69) is 37.2 Å². The van der Waals surface area contributed by atoms with Gasteiger partial charge in [0.05, 0.1) is 22.3 Å². The van der Waals surface area contributed by atoms with Crippen molar-refractivity contribution < 1.29 is 4.74 Å². The number of anilines is 1. The van der Waals surface area contributed by atoms with Crippen LogP contribution >= 0.6 is 54.8 Å². The molecule has 0 atom stereocenters. The standard InChI is InChI=1S/C12H10Br2ClNOS/c1-17-12-4-11(9(13)3-10(12)14)16-5-8-2-7(15)6-18-8/h2-4,6,16H,5H2,1H3. The first-order chi connectivity index (χ1) is 8.60. The summed E-state index contributed by atoms with van der Waals surface area (Å²) in [6.45, 7) is 0.737. The minimum atomic E-state index is 0.737. The molecular formula is C12H10Br2ClNOS. The molecule has 0 amide bonds. The summed E-state index contributed by atoms with van der Waals surface area (Å²) in [5.74, 6) is 0.796. The van der Waals surface area contributed by atoms with Crippen LogP contribution in [0.5, 0.6) is 5.75 Å². The van der Waals surface area contributed by atoms with Gasteiger partial charge in [0.1, 0.15) is 5.75 Å². The molecule has 18 heavy (non-hydrogen) atoms. The van der Waals surface area contributed by atoms with Gasteiger partial charge >= 0.3 is 0 Å². The fourth-order valence-corrected chi connectivity index (χ4v) is 3.76. The number of rotatable bonds is 4. The van der Waals surface area contributed by atoms with Crippen LogP contribution in [-0.2, 0) is 6.54 Å². The van der Waals surface area contributed by atoms with Crippen LogP contribution in [-0.4, -0.2) is 7.11 Å². The van der Waals surface area contributed by atoms with E-state index in [0.29, 0.717) is 0 Å². The Hall–Kier alpha value is -0.230. The number of halogens is 3. The summed E-state index contributed by atoms with van der Waals surface area (Å²) in [4.78, 5) is 1.19. The van der Waals surface area contributed by atoms with Crippen molar-refractivity contribution in [2.24, 2.45) is 0 Å². The lowest BCUT2D eigenvalue weighted by Gasteiger charge is -2.11. The maximum Gasteiger partial charge on any atom is 0.135 e. The molecule has 0 saturated carbocycles. The Morgan fingerprint density at radius 1 is 1.28 bits per heavy atom. The molecule has 0 aliphatic rings. The van der Waals surface area contributed by atoms with Crippen LogP contribution < -0.4 is 10.1 Å². The molecule has 0 radical (unpaired) electrons. The van der Waals surface area contributed by atoms with Gasteiger partial charge < -0.3 is 10.1 Å². The van der Waals surface area contributed by atoms with Crippen molar-refractivity contribution in [3.05, 3.63) is 42.4 Å². The monoisotopic (exact) mass is 409 g/mol. The molecule has 0 unspecified atom stereocenters. The molecule has 2 rings (SSSR count). The number of hydrogen-bond acceptors (Lipinski definition) is 3. The second-order valence-electron chi connectivity index (χ2n) is 3.55. The van der Waals surface area contributed by atoms with Crippen molar-refractivity contribution in [3.8, 4) is 5.75 Å². The number of thiophene rings is 1. The van der Waals surface area contributed by atoms with E-state index >= 15 is 0 Å². The smallest absolute Gasteiger partial charge is 0.135 e. The largest absolute Gasteiger partial charge is 0.495 e. The highest BCUT2D eigenvalue weighted by molar-refractivity contribution is 9.11. The van der Waals surface area contributed by atoms with Crippen molar-refractivity contribution >= 4 is 60.5 Å². The minimum Gasteiger partial charge on any atom is -0.495 e. The molecule has 0 aliphatic heterocycles. The first-order valence-electron chi connectivity index (χ1n) is 5.10. The summed E-state index contributed by atoms with van der Waals surface area (Å²) < 4.78 is 7.17. The van der Waals surface area contributed by atoms with Crippen molar-refractivity contribution in [1.82, 2.24) is 0 Å². The maximum absolute atomic E-state index is 5.89. The first kappa shape index (κ1) is 14.2. The fourth-order valence-electron chi connectivity index (χ4n) is 1.45. The highest BCUT2D eigenvalue weighted by Gasteiger charge is 2.07. The molecule has 2 nitrogen and oxygen atoms in total. The zero-order valence-electron chi connectivity index (χ0n) is 9.47. The predicted octanol–water partition coefficient (Wildman–Crippen LogP) is 5.55. The SMILES string of the molecule is COc1cc(NCc2cc(Cl)cs2)c(Br)cc1Br. The lowest BCUT2D eigenvalue weighted by Crippen LogP contribution is -1.99. The third-order valence-corrected chi connectivity index (χ3v) is 4.88. The summed E-state index contributed by atoms with van der Waals surface area (Å²) >= 11 is 14.5. The molecular weight excluding hydrogens is 401 g/mol. The third-order valence-electron chi connectivity index (χ3n) is 2.32. The number of methoxy groups -OCH3 is 1. The quantitative estimate of drug-likeness (QED) is 0.712. The zero-order chi connectivity index (χ0) is 13.1. The Morgan fingerprint density at radius 3 is 2.67 bits per heavy atom. The highest BCUT2D eigenvalue weighted by Crippen LogP contribution is 2.35. The molecule has 96 valence electrons. The number of benzene rings is 1.